The molecule has 0 saturated carbocycles. The molecule has 2 atom stereocenters. The molecule has 0 bridgehead atoms. The monoisotopic (exact) mass is 463 g/mol. The van der Waals surface area contributed by atoms with Crippen molar-refractivity contribution in [1.29, 1.82) is 0 Å². The largest absolute Gasteiger partial charge is 0.479 e. The van der Waals surface area contributed by atoms with Gasteiger partial charge in [0.15, 0.2) is 6.10 Å². The Kier molecular flexibility index (Phi) is 5.34. The minimum Gasteiger partial charge on any atom is -0.479 e. The number of ether oxygens (including phenoxy) is 2. The smallest absolute Gasteiger partial charge is 0.332 e. The fourth-order valence-corrected chi connectivity index (χ4v) is 5.61. The van der Waals surface area contributed by atoms with Crippen molar-refractivity contribution >= 4 is 27.8 Å². The highest BCUT2D eigenvalue weighted by Crippen LogP contribution is 2.45. The molecule has 34 heavy (non-hydrogen) atoms. The third kappa shape index (κ3) is 3.58. The number of nitrogens with one attached hydrogen (secondary N) is 1. The molecule has 1 unspecified atom stereocenters. The molecular formula is C26H26FN3O4. The van der Waals surface area contributed by atoms with Crippen LogP contribution in [0.25, 0.3) is 27.5 Å². The van der Waals surface area contributed by atoms with Gasteiger partial charge in [-0.1, -0.05) is 0 Å². The van der Waals surface area contributed by atoms with Gasteiger partial charge in [-0.15, -0.1) is 0 Å². The maximum Gasteiger partial charge on any atom is 0.332 e. The molecule has 4 aromatic rings. The average molecular weight is 464 g/mol. The first-order valence-electron chi connectivity index (χ1n) is 11.8. The second-order valence-electron chi connectivity index (χ2n) is 9.26. The van der Waals surface area contributed by atoms with E-state index in [2.05, 4.69) is 26.9 Å². The summed E-state index contributed by atoms with van der Waals surface area (Å²) in [6.45, 7) is 1.75. The van der Waals surface area contributed by atoms with Gasteiger partial charge in [-0.25, -0.2) is 9.18 Å². The van der Waals surface area contributed by atoms with Crippen LogP contribution in [0.4, 0.5) is 4.39 Å². The Morgan fingerprint density at radius 3 is 2.59 bits per heavy atom. The lowest BCUT2D eigenvalue weighted by atomic mass is 9.84. The minimum atomic E-state index is -0.906. The maximum absolute atomic E-state index is 13.8. The van der Waals surface area contributed by atoms with E-state index in [4.69, 9.17) is 9.47 Å². The fourth-order valence-electron chi connectivity index (χ4n) is 5.61. The zero-order chi connectivity index (χ0) is 23.2. The van der Waals surface area contributed by atoms with E-state index in [9.17, 15) is 14.3 Å². The third-order valence-electron chi connectivity index (χ3n) is 7.26. The number of halogens is 1. The average Bonchev–Trinajstić information content (AvgIpc) is 3.45. The Morgan fingerprint density at radius 1 is 1.09 bits per heavy atom. The van der Waals surface area contributed by atoms with Crippen molar-refractivity contribution in [3.63, 3.8) is 0 Å². The van der Waals surface area contributed by atoms with Crippen molar-refractivity contribution in [3.05, 3.63) is 59.7 Å². The topological polar surface area (TPSA) is 89.4 Å². The van der Waals surface area contributed by atoms with Gasteiger partial charge in [-0.2, -0.15) is 5.10 Å². The summed E-state index contributed by atoms with van der Waals surface area (Å²) >= 11 is 0. The van der Waals surface area contributed by atoms with Crippen LogP contribution in [-0.4, -0.2) is 51.8 Å². The van der Waals surface area contributed by atoms with Crippen LogP contribution in [-0.2, 0) is 14.3 Å². The number of aromatic nitrogens is 3. The second-order valence-corrected chi connectivity index (χ2v) is 9.26. The van der Waals surface area contributed by atoms with E-state index >= 15 is 0 Å². The van der Waals surface area contributed by atoms with Gasteiger partial charge >= 0.3 is 5.97 Å². The van der Waals surface area contributed by atoms with Crippen LogP contribution in [0, 0.1) is 5.82 Å². The highest BCUT2D eigenvalue weighted by Gasteiger charge is 2.34. The van der Waals surface area contributed by atoms with Crippen molar-refractivity contribution in [3.8, 4) is 5.69 Å². The van der Waals surface area contributed by atoms with Gasteiger partial charge in [-0.3, -0.25) is 5.10 Å². The highest BCUT2D eigenvalue weighted by atomic mass is 19.1. The number of carboxylic acids is 1. The summed E-state index contributed by atoms with van der Waals surface area (Å²) < 4.78 is 27.6. The van der Waals surface area contributed by atoms with Crippen LogP contribution < -0.4 is 0 Å². The molecule has 2 N–H and O–H groups in total. The number of fused-ring (bicyclic) bond motifs is 2. The normalized spacial score (nSPS) is 21.9. The van der Waals surface area contributed by atoms with Gasteiger partial charge < -0.3 is 19.1 Å². The molecule has 176 valence electrons. The van der Waals surface area contributed by atoms with Gasteiger partial charge in [0.25, 0.3) is 0 Å². The van der Waals surface area contributed by atoms with E-state index in [1.807, 2.05) is 18.3 Å². The number of nitrogens with zero attached hydrogens (tertiary/aromatic N) is 2. The van der Waals surface area contributed by atoms with Gasteiger partial charge in [0.1, 0.15) is 5.82 Å². The number of aromatic amines is 1. The van der Waals surface area contributed by atoms with Crippen molar-refractivity contribution in [1.82, 2.24) is 14.8 Å². The molecular weight excluding hydrogens is 437 g/mol. The summed E-state index contributed by atoms with van der Waals surface area (Å²) in [5.74, 6) is -0.838. The summed E-state index contributed by atoms with van der Waals surface area (Å²) in [5.41, 5.74) is 5.29. The second kappa shape index (κ2) is 8.52. The Labute approximate surface area is 195 Å². The number of benzene rings is 2. The third-order valence-corrected chi connectivity index (χ3v) is 7.26. The van der Waals surface area contributed by atoms with E-state index < -0.39 is 12.1 Å². The maximum atomic E-state index is 13.8. The first-order chi connectivity index (χ1) is 16.6. The number of hydrogen-bond donors (Lipinski definition) is 2. The number of rotatable bonds is 4. The highest BCUT2D eigenvalue weighted by molar-refractivity contribution is 5.99. The SMILES string of the molecule is O=C(O)C1CC[C@@H](c2c(C3CCOCC3)n(-c3ccc(F)cc3)c3cc4cn[nH]c4cc23)CO1. The zero-order valence-electron chi connectivity index (χ0n) is 18.7. The molecule has 2 aliphatic rings. The lowest BCUT2D eigenvalue weighted by Crippen LogP contribution is -2.31. The van der Waals surface area contributed by atoms with Crippen molar-refractivity contribution < 1.29 is 23.8 Å². The van der Waals surface area contributed by atoms with Gasteiger partial charge in [0.2, 0.25) is 0 Å². The molecule has 2 saturated heterocycles. The van der Waals surface area contributed by atoms with Crippen LogP contribution in [0.2, 0.25) is 0 Å². The van der Waals surface area contributed by atoms with Crippen molar-refractivity contribution in [2.24, 2.45) is 0 Å². The van der Waals surface area contributed by atoms with E-state index in [1.54, 1.807) is 0 Å². The molecule has 4 heterocycles. The Hall–Kier alpha value is -3.23. The molecule has 0 radical (unpaired) electrons. The quantitative estimate of drug-likeness (QED) is 0.450. The molecule has 2 aromatic heterocycles. The molecule has 0 aliphatic carbocycles. The summed E-state index contributed by atoms with van der Waals surface area (Å²) in [6.07, 6.45) is 4.06. The summed E-state index contributed by atoms with van der Waals surface area (Å²) in [4.78, 5) is 11.5. The summed E-state index contributed by atoms with van der Waals surface area (Å²) in [5, 5.41) is 18.8. The Balaban J connectivity index is 1.60. The van der Waals surface area contributed by atoms with E-state index in [1.165, 1.54) is 23.4 Å². The molecule has 2 aliphatic heterocycles. The van der Waals surface area contributed by atoms with Crippen LogP contribution >= 0.6 is 0 Å². The number of carbonyl (C=O) groups is 1. The van der Waals surface area contributed by atoms with Gasteiger partial charge in [0.05, 0.1) is 23.8 Å². The number of hydrogen-bond acceptors (Lipinski definition) is 4. The van der Waals surface area contributed by atoms with Crippen LogP contribution in [0.3, 0.4) is 0 Å². The molecule has 6 rings (SSSR count). The standard InChI is InChI=1S/C26H26FN3O4/c27-18-2-4-19(5-3-18)30-22-11-17-13-28-29-21(17)12-20(22)24(25(30)15-7-9-33-10-8-15)16-1-6-23(26(31)32)34-14-16/h2-5,11-13,15-16,23H,1,6-10,14H2,(H,28,29)(H,31,32)/t16-,23?/m1/s1. The number of H-pyrrole nitrogens is 1. The zero-order valence-corrected chi connectivity index (χ0v) is 18.7. The minimum absolute atomic E-state index is 0.0676. The van der Waals surface area contributed by atoms with E-state index in [0.717, 1.165) is 46.8 Å². The first-order valence-corrected chi connectivity index (χ1v) is 11.8. The molecule has 0 amide bonds. The predicted octanol–water partition coefficient (Wildman–Crippen LogP) is 4.89. The van der Waals surface area contributed by atoms with Gasteiger partial charge in [-0.05, 0) is 67.6 Å². The van der Waals surface area contributed by atoms with E-state index in [-0.39, 0.29) is 17.7 Å². The predicted molar refractivity (Wildman–Crippen MR) is 125 cm³/mol. The molecule has 2 aromatic carbocycles. The molecule has 0 spiro atoms. The Morgan fingerprint density at radius 2 is 1.88 bits per heavy atom. The fraction of sp³-hybridized carbons (Fsp3) is 0.385. The summed E-state index contributed by atoms with van der Waals surface area (Å²) in [7, 11) is 0. The van der Waals surface area contributed by atoms with Crippen LogP contribution in [0.1, 0.15) is 48.8 Å². The lowest BCUT2D eigenvalue weighted by Gasteiger charge is -2.31. The first kappa shape index (κ1) is 21.3. The number of carboxylic acid groups (broad SMARTS) is 1. The van der Waals surface area contributed by atoms with Crippen molar-refractivity contribution in [2.75, 3.05) is 19.8 Å². The van der Waals surface area contributed by atoms with Crippen molar-refractivity contribution in [2.45, 2.75) is 43.6 Å². The lowest BCUT2D eigenvalue weighted by molar-refractivity contribution is -0.153. The molecule has 8 heteroatoms. The van der Waals surface area contributed by atoms with E-state index in [0.29, 0.717) is 26.2 Å². The number of aliphatic carboxylic acids is 1. The van der Waals surface area contributed by atoms with Crippen LogP contribution in [0.15, 0.2) is 42.6 Å². The van der Waals surface area contributed by atoms with Gasteiger partial charge in [0, 0.05) is 47.2 Å². The Bertz CT molecular complexity index is 1350. The van der Waals surface area contributed by atoms with Crippen LogP contribution in [0.5, 0.6) is 0 Å². The summed E-state index contributed by atoms with van der Waals surface area (Å²) in [6, 6.07) is 10.9. The molecule has 7 nitrogen and oxygen atoms in total. The molecule has 2 fully saturated rings.